The Kier molecular flexibility index (Phi) is 6.41. The van der Waals surface area contributed by atoms with Crippen LogP contribution in [0.25, 0.3) is 0 Å². The maximum absolute atomic E-state index is 13.5. The Hall–Kier alpha value is -2.30. The van der Waals surface area contributed by atoms with E-state index in [1.54, 1.807) is 0 Å². The van der Waals surface area contributed by atoms with E-state index in [-0.39, 0.29) is 18.0 Å². The van der Waals surface area contributed by atoms with Gasteiger partial charge in [-0.15, -0.1) is 0 Å². The van der Waals surface area contributed by atoms with Crippen molar-refractivity contribution >= 4 is 5.97 Å². The van der Waals surface area contributed by atoms with Crippen LogP contribution in [0.15, 0.2) is 36.4 Å². The van der Waals surface area contributed by atoms with Gasteiger partial charge in [0.05, 0.1) is 13.5 Å². The third-order valence-electron chi connectivity index (χ3n) is 3.85. The van der Waals surface area contributed by atoms with Crippen LogP contribution >= 0.6 is 0 Å². The molecule has 5 heteroatoms. The average Bonchev–Trinajstić information content (AvgIpc) is 2.57. The first-order valence-corrected chi connectivity index (χ1v) is 7.77. The maximum atomic E-state index is 13.5. The molecule has 128 valence electrons. The van der Waals surface area contributed by atoms with Crippen molar-refractivity contribution < 1.29 is 22.7 Å². The van der Waals surface area contributed by atoms with E-state index in [0.29, 0.717) is 18.9 Å². The molecule has 0 unspecified atom stereocenters. The number of rotatable bonds is 7. The molecule has 0 aromatic heterocycles. The molecular formula is C19H19F3O2. The van der Waals surface area contributed by atoms with E-state index in [0.717, 1.165) is 30.0 Å². The highest BCUT2D eigenvalue weighted by Gasteiger charge is 2.09. The highest BCUT2D eigenvalue weighted by Crippen LogP contribution is 2.17. The van der Waals surface area contributed by atoms with Gasteiger partial charge in [0, 0.05) is 6.07 Å². The summed E-state index contributed by atoms with van der Waals surface area (Å²) in [4.78, 5) is 11.2. The molecule has 0 heterocycles. The van der Waals surface area contributed by atoms with Crippen LogP contribution in [0.2, 0.25) is 0 Å². The standard InChI is InChI=1S/C19H19F3O2/c1-24-19(23)10-14-8-6-13(7-9-14)4-2-3-5-15-11-17(21)18(22)12-16(15)20/h6-9,11-12H,2-5,10H2,1H3. The Bertz CT molecular complexity index is 697. The van der Waals surface area contributed by atoms with Gasteiger partial charge in [0.25, 0.3) is 0 Å². The molecule has 0 N–H and O–H groups in total. The first-order chi connectivity index (χ1) is 11.5. The number of ether oxygens (including phenoxy) is 1. The zero-order chi connectivity index (χ0) is 17.5. The third kappa shape index (κ3) is 5.11. The van der Waals surface area contributed by atoms with Crippen molar-refractivity contribution in [2.75, 3.05) is 7.11 Å². The summed E-state index contributed by atoms with van der Waals surface area (Å²) < 4.78 is 44.1. The molecule has 0 fully saturated rings. The number of aryl methyl sites for hydroxylation is 2. The van der Waals surface area contributed by atoms with Gasteiger partial charge in [0.2, 0.25) is 0 Å². The highest BCUT2D eigenvalue weighted by molar-refractivity contribution is 5.72. The van der Waals surface area contributed by atoms with Crippen LogP contribution in [-0.4, -0.2) is 13.1 Å². The van der Waals surface area contributed by atoms with Crippen molar-refractivity contribution in [1.82, 2.24) is 0 Å². The van der Waals surface area contributed by atoms with Gasteiger partial charge in [-0.05, 0) is 48.4 Å². The summed E-state index contributed by atoms with van der Waals surface area (Å²) in [5, 5.41) is 0. The zero-order valence-electron chi connectivity index (χ0n) is 13.5. The van der Waals surface area contributed by atoms with Crippen molar-refractivity contribution in [2.45, 2.75) is 32.1 Å². The minimum atomic E-state index is -1.16. The third-order valence-corrected chi connectivity index (χ3v) is 3.85. The minimum Gasteiger partial charge on any atom is -0.469 e. The lowest BCUT2D eigenvalue weighted by atomic mass is 10.0. The van der Waals surface area contributed by atoms with Gasteiger partial charge in [0.15, 0.2) is 11.6 Å². The van der Waals surface area contributed by atoms with E-state index >= 15 is 0 Å². The van der Waals surface area contributed by atoms with Crippen molar-refractivity contribution in [3.8, 4) is 0 Å². The number of hydrogen-bond donors (Lipinski definition) is 0. The van der Waals surface area contributed by atoms with E-state index in [2.05, 4.69) is 4.74 Å². The fourth-order valence-corrected chi connectivity index (χ4v) is 2.46. The summed E-state index contributed by atoms with van der Waals surface area (Å²) in [6.07, 6.45) is 2.88. The molecule has 0 aliphatic rings. The van der Waals surface area contributed by atoms with E-state index in [1.807, 2.05) is 24.3 Å². The predicted octanol–water partition coefficient (Wildman–Crippen LogP) is 4.38. The number of esters is 1. The number of carbonyl (C=O) groups excluding carboxylic acids is 1. The maximum Gasteiger partial charge on any atom is 0.309 e. The lowest BCUT2D eigenvalue weighted by Gasteiger charge is -2.06. The van der Waals surface area contributed by atoms with Crippen LogP contribution in [0.4, 0.5) is 13.2 Å². The Labute approximate surface area is 139 Å². The first-order valence-electron chi connectivity index (χ1n) is 7.77. The van der Waals surface area contributed by atoms with Gasteiger partial charge in [0.1, 0.15) is 5.82 Å². The molecule has 0 amide bonds. The van der Waals surface area contributed by atoms with Gasteiger partial charge >= 0.3 is 5.97 Å². The molecule has 0 aliphatic carbocycles. The van der Waals surface area contributed by atoms with Gasteiger partial charge < -0.3 is 4.74 Å². The monoisotopic (exact) mass is 336 g/mol. The molecule has 0 saturated carbocycles. The smallest absolute Gasteiger partial charge is 0.309 e. The molecule has 0 aliphatic heterocycles. The normalized spacial score (nSPS) is 10.7. The van der Waals surface area contributed by atoms with E-state index in [4.69, 9.17) is 0 Å². The van der Waals surface area contributed by atoms with Gasteiger partial charge in [-0.3, -0.25) is 4.79 Å². The molecule has 2 aromatic carbocycles. The van der Waals surface area contributed by atoms with Crippen LogP contribution in [0.3, 0.4) is 0 Å². The molecule has 0 radical (unpaired) electrons. The topological polar surface area (TPSA) is 26.3 Å². The summed E-state index contributed by atoms with van der Waals surface area (Å²) >= 11 is 0. The molecule has 2 nitrogen and oxygen atoms in total. The van der Waals surface area contributed by atoms with Crippen molar-refractivity contribution in [3.63, 3.8) is 0 Å². The van der Waals surface area contributed by atoms with E-state index < -0.39 is 17.5 Å². The lowest BCUT2D eigenvalue weighted by molar-refractivity contribution is -0.139. The number of hydrogen-bond acceptors (Lipinski definition) is 2. The van der Waals surface area contributed by atoms with Gasteiger partial charge in [-0.2, -0.15) is 0 Å². The minimum absolute atomic E-state index is 0.197. The highest BCUT2D eigenvalue weighted by atomic mass is 19.2. The second-order valence-electron chi connectivity index (χ2n) is 5.63. The summed E-state index contributed by atoms with van der Waals surface area (Å²) in [6.45, 7) is 0. The summed E-state index contributed by atoms with van der Waals surface area (Å²) in [6, 6.07) is 9.15. The molecular weight excluding hydrogens is 317 g/mol. The number of unbranched alkanes of at least 4 members (excludes halogenated alkanes) is 1. The van der Waals surface area contributed by atoms with Crippen LogP contribution in [0, 0.1) is 17.5 Å². The molecule has 0 spiro atoms. The van der Waals surface area contributed by atoms with Crippen LogP contribution in [-0.2, 0) is 28.8 Å². The second-order valence-corrected chi connectivity index (χ2v) is 5.63. The van der Waals surface area contributed by atoms with Crippen molar-refractivity contribution in [3.05, 3.63) is 70.5 Å². The van der Waals surface area contributed by atoms with Gasteiger partial charge in [-0.25, -0.2) is 13.2 Å². The van der Waals surface area contributed by atoms with Crippen LogP contribution in [0.5, 0.6) is 0 Å². The molecule has 0 bridgehead atoms. The fraction of sp³-hybridized carbons (Fsp3) is 0.316. The van der Waals surface area contributed by atoms with E-state index in [9.17, 15) is 18.0 Å². The Morgan fingerprint density at radius 2 is 1.46 bits per heavy atom. The Morgan fingerprint density at radius 1 is 0.875 bits per heavy atom. The number of halogens is 3. The van der Waals surface area contributed by atoms with Crippen molar-refractivity contribution in [1.29, 1.82) is 0 Å². The average molecular weight is 336 g/mol. The predicted molar refractivity (Wildman–Crippen MR) is 85.1 cm³/mol. The molecule has 2 rings (SSSR count). The van der Waals surface area contributed by atoms with E-state index in [1.165, 1.54) is 7.11 Å². The quantitative estimate of drug-likeness (QED) is 0.426. The Balaban J connectivity index is 1.80. The van der Waals surface area contributed by atoms with Crippen LogP contribution in [0.1, 0.15) is 29.5 Å². The Morgan fingerprint density at radius 3 is 2.12 bits per heavy atom. The lowest BCUT2D eigenvalue weighted by Crippen LogP contribution is -2.04. The molecule has 2 aromatic rings. The number of methoxy groups -OCH3 is 1. The SMILES string of the molecule is COC(=O)Cc1ccc(CCCCc2cc(F)c(F)cc2F)cc1. The van der Waals surface area contributed by atoms with Crippen LogP contribution < -0.4 is 0 Å². The summed E-state index contributed by atoms with van der Waals surface area (Å²) in [5.41, 5.74) is 2.19. The summed E-state index contributed by atoms with van der Waals surface area (Å²) in [7, 11) is 1.35. The second kappa shape index (κ2) is 8.52. The van der Waals surface area contributed by atoms with Crippen molar-refractivity contribution in [2.24, 2.45) is 0 Å². The zero-order valence-corrected chi connectivity index (χ0v) is 13.5. The molecule has 0 saturated heterocycles. The largest absolute Gasteiger partial charge is 0.469 e. The first kappa shape index (κ1) is 18.0. The summed E-state index contributed by atoms with van der Waals surface area (Å²) in [5.74, 6) is -3.17. The molecule has 24 heavy (non-hydrogen) atoms. The van der Waals surface area contributed by atoms with Gasteiger partial charge in [-0.1, -0.05) is 24.3 Å². The fourth-order valence-electron chi connectivity index (χ4n) is 2.46. The number of carbonyl (C=O) groups is 1. The number of benzene rings is 2. The molecule has 0 atom stereocenters.